The van der Waals surface area contributed by atoms with E-state index in [2.05, 4.69) is 12.2 Å². The van der Waals surface area contributed by atoms with Crippen LogP contribution >= 0.6 is 11.8 Å². The Labute approximate surface area is 125 Å². The predicted octanol–water partition coefficient (Wildman–Crippen LogP) is 2.94. The average Bonchev–Trinajstić information content (AvgIpc) is 2.94. The smallest absolute Gasteiger partial charge is 0.251 e. The van der Waals surface area contributed by atoms with Crippen LogP contribution in [0.3, 0.4) is 0 Å². The molecule has 0 unspecified atom stereocenters. The number of rotatable bonds is 6. The minimum absolute atomic E-state index is 0.00652. The summed E-state index contributed by atoms with van der Waals surface area (Å²) in [7, 11) is 0. The number of hydrogen-bond donors (Lipinski definition) is 2. The summed E-state index contributed by atoms with van der Waals surface area (Å²) >= 11 is 1.89. The molecule has 1 fully saturated rings. The molecule has 1 aliphatic rings. The van der Waals surface area contributed by atoms with Gasteiger partial charge in [-0.05, 0) is 36.3 Å². The van der Waals surface area contributed by atoms with Crippen molar-refractivity contribution in [3.63, 3.8) is 0 Å². The third-order valence-corrected chi connectivity index (χ3v) is 4.96. The third kappa shape index (κ3) is 3.76. The van der Waals surface area contributed by atoms with Crippen molar-refractivity contribution in [1.82, 2.24) is 5.32 Å². The number of carbonyl (C=O) groups excluding carboxylic acids is 1. The molecule has 0 aromatic heterocycles. The van der Waals surface area contributed by atoms with E-state index in [0.29, 0.717) is 6.54 Å². The van der Waals surface area contributed by atoms with E-state index >= 15 is 0 Å². The molecule has 110 valence electrons. The Morgan fingerprint density at radius 1 is 1.30 bits per heavy atom. The first-order chi connectivity index (χ1) is 9.69. The molecular weight excluding hydrogens is 268 g/mol. The predicted molar refractivity (Wildman–Crippen MR) is 86.0 cm³/mol. The quantitative estimate of drug-likeness (QED) is 0.847. The first-order valence-electron chi connectivity index (χ1n) is 7.38. The van der Waals surface area contributed by atoms with Gasteiger partial charge in [-0.2, -0.15) is 11.8 Å². The summed E-state index contributed by atoms with van der Waals surface area (Å²) in [5.74, 6) is 2.12. The maximum absolute atomic E-state index is 12.3. The van der Waals surface area contributed by atoms with E-state index in [-0.39, 0.29) is 11.4 Å². The van der Waals surface area contributed by atoms with Gasteiger partial charge in [0.25, 0.3) is 5.91 Å². The number of hydrogen-bond acceptors (Lipinski definition) is 3. The van der Waals surface area contributed by atoms with Crippen LogP contribution in [-0.2, 0) is 5.75 Å². The molecule has 0 heterocycles. The number of nitrogens with one attached hydrogen (secondary N) is 1. The maximum Gasteiger partial charge on any atom is 0.251 e. The fourth-order valence-corrected chi connectivity index (χ4v) is 3.35. The second-order valence-corrected chi connectivity index (χ2v) is 6.75. The molecule has 1 aliphatic carbocycles. The van der Waals surface area contributed by atoms with Crippen LogP contribution in [0.15, 0.2) is 24.3 Å². The highest BCUT2D eigenvalue weighted by atomic mass is 32.2. The van der Waals surface area contributed by atoms with Crippen LogP contribution in [0.25, 0.3) is 0 Å². The number of nitrogens with two attached hydrogens (primary N) is 1. The zero-order valence-corrected chi connectivity index (χ0v) is 13.0. The lowest BCUT2D eigenvalue weighted by atomic mass is 9.97. The number of thioether (sulfide) groups is 1. The summed E-state index contributed by atoms with van der Waals surface area (Å²) in [6.07, 6.45) is 4.32. The van der Waals surface area contributed by atoms with Crippen LogP contribution in [0.2, 0.25) is 0 Å². The molecule has 0 atom stereocenters. The first-order valence-corrected chi connectivity index (χ1v) is 8.54. The van der Waals surface area contributed by atoms with Crippen molar-refractivity contribution in [1.29, 1.82) is 0 Å². The number of benzene rings is 1. The summed E-state index contributed by atoms with van der Waals surface area (Å²) in [5.41, 5.74) is 7.68. The van der Waals surface area contributed by atoms with Gasteiger partial charge in [-0.15, -0.1) is 0 Å². The fraction of sp³-hybridized carbons (Fsp3) is 0.562. The monoisotopic (exact) mass is 292 g/mol. The SMILES string of the molecule is CCSCc1ccc(C(=O)NC2(CN)CCCC2)cc1. The molecule has 2 rings (SSSR count). The third-order valence-electron chi connectivity index (χ3n) is 4.02. The highest BCUT2D eigenvalue weighted by Gasteiger charge is 2.33. The molecule has 3 N–H and O–H groups in total. The van der Waals surface area contributed by atoms with Crippen LogP contribution in [0.4, 0.5) is 0 Å². The lowest BCUT2D eigenvalue weighted by Crippen LogP contribution is -2.51. The second-order valence-electron chi connectivity index (χ2n) is 5.48. The van der Waals surface area contributed by atoms with Crippen LogP contribution in [0.5, 0.6) is 0 Å². The summed E-state index contributed by atoms with van der Waals surface area (Å²) in [5, 5.41) is 3.15. The van der Waals surface area contributed by atoms with Gasteiger partial charge in [-0.1, -0.05) is 31.9 Å². The summed E-state index contributed by atoms with van der Waals surface area (Å²) in [6, 6.07) is 7.92. The molecular formula is C16H24N2OS. The summed E-state index contributed by atoms with van der Waals surface area (Å²) in [4.78, 5) is 12.3. The van der Waals surface area contributed by atoms with Gasteiger partial charge >= 0.3 is 0 Å². The van der Waals surface area contributed by atoms with Crippen LogP contribution in [-0.4, -0.2) is 23.7 Å². The largest absolute Gasteiger partial charge is 0.345 e. The van der Waals surface area contributed by atoms with Gasteiger partial charge in [-0.25, -0.2) is 0 Å². The molecule has 3 nitrogen and oxygen atoms in total. The molecule has 0 radical (unpaired) electrons. The Balaban J connectivity index is 1.98. The molecule has 0 saturated heterocycles. The highest BCUT2D eigenvalue weighted by molar-refractivity contribution is 7.98. The van der Waals surface area contributed by atoms with Crippen LogP contribution in [0.1, 0.15) is 48.5 Å². The Morgan fingerprint density at radius 3 is 2.50 bits per heavy atom. The van der Waals surface area contributed by atoms with E-state index in [9.17, 15) is 4.79 Å². The van der Waals surface area contributed by atoms with Crippen LogP contribution < -0.4 is 11.1 Å². The molecule has 1 aromatic carbocycles. The zero-order chi connectivity index (χ0) is 14.4. The van der Waals surface area contributed by atoms with Gasteiger partial charge in [0.1, 0.15) is 0 Å². The van der Waals surface area contributed by atoms with Crippen molar-refractivity contribution < 1.29 is 4.79 Å². The topological polar surface area (TPSA) is 55.1 Å². The Morgan fingerprint density at radius 2 is 1.95 bits per heavy atom. The Kier molecular flexibility index (Phi) is 5.49. The Bertz CT molecular complexity index is 438. The van der Waals surface area contributed by atoms with E-state index in [4.69, 9.17) is 5.73 Å². The molecule has 0 spiro atoms. The zero-order valence-electron chi connectivity index (χ0n) is 12.2. The minimum atomic E-state index is -0.173. The highest BCUT2D eigenvalue weighted by Crippen LogP contribution is 2.29. The van der Waals surface area contributed by atoms with E-state index < -0.39 is 0 Å². The molecule has 1 aromatic rings. The van der Waals surface area contributed by atoms with Gasteiger partial charge in [0.15, 0.2) is 0 Å². The first kappa shape index (κ1) is 15.4. The van der Waals surface area contributed by atoms with E-state index in [1.165, 1.54) is 5.56 Å². The number of carbonyl (C=O) groups is 1. The normalized spacial score (nSPS) is 17.1. The lowest BCUT2D eigenvalue weighted by molar-refractivity contribution is 0.0903. The van der Waals surface area contributed by atoms with E-state index in [0.717, 1.165) is 42.8 Å². The number of amides is 1. The van der Waals surface area contributed by atoms with Gasteiger partial charge in [0, 0.05) is 17.9 Å². The summed E-state index contributed by atoms with van der Waals surface area (Å²) in [6.45, 7) is 2.68. The van der Waals surface area contributed by atoms with Crippen molar-refractivity contribution in [3.05, 3.63) is 35.4 Å². The maximum atomic E-state index is 12.3. The second kappa shape index (κ2) is 7.14. The Hall–Kier alpha value is -1.00. The fourth-order valence-electron chi connectivity index (χ4n) is 2.72. The molecule has 1 saturated carbocycles. The van der Waals surface area contributed by atoms with Gasteiger partial charge < -0.3 is 11.1 Å². The van der Waals surface area contributed by atoms with E-state index in [1.54, 1.807) is 0 Å². The lowest BCUT2D eigenvalue weighted by Gasteiger charge is -2.28. The van der Waals surface area contributed by atoms with Crippen molar-refractivity contribution in [2.75, 3.05) is 12.3 Å². The van der Waals surface area contributed by atoms with Gasteiger partial charge in [0.05, 0.1) is 5.54 Å². The van der Waals surface area contributed by atoms with Crippen molar-refractivity contribution in [2.45, 2.75) is 43.9 Å². The van der Waals surface area contributed by atoms with Crippen molar-refractivity contribution in [2.24, 2.45) is 5.73 Å². The molecule has 0 aliphatic heterocycles. The van der Waals surface area contributed by atoms with Gasteiger partial charge in [-0.3, -0.25) is 4.79 Å². The van der Waals surface area contributed by atoms with Crippen molar-refractivity contribution >= 4 is 17.7 Å². The molecule has 0 bridgehead atoms. The van der Waals surface area contributed by atoms with Crippen LogP contribution in [0, 0.1) is 0 Å². The molecule has 1 amide bonds. The van der Waals surface area contributed by atoms with E-state index in [1.807, 2.05) is 36.0 Å². The standard InChI is InChI=1S/C16H24N2OS/c1-2-20-11-13-5-7-14(8-6-13)15(19)18-16(12-17)9-3-4-10-16/h5-8H,2-4,9-12,17H2,1H3,(H,18,19). The minimum Gasteiger partial charge on any atom is -0.345 e. The molecule has 20 heavy (non-hydrogen) atoms. The summed E-state index contributed by atoms with van der Waals surface area (Å²) < 4.78 is 0. The van der Waals surface area contributed by atoms with Gasteiger partial charge in [0.2, 0.25) is 0 Å². The van der Waals surface area contributed by atoms with Crippen molar-refractivity contribution in [3.8, 4) is 0 Å². The molecule has 4 heteroatoms. The average molecular weight is 292 g/mol.